The fourth-order valence-corrected chi connectivity index (χ4v) is 4.89. The molecule has 0 bridgehead atoms. The predicted molar refractivity (Wildman–Crippen MR) is 138 cm³/mol. The summed E-state index contributed by atoms with van der Waals surface area (Å²) in [5, 5.41) is 15.1. The smallest absolute Gasteiger partial charge is 0.236 e. The minimum atomic E-state index is -0.335. The van der Waals surface area contributed by atoms with E-state index in [1.54, 1.807) is 12.1 Å². The van der Waals surface area contributed by atoms with Crippen LogP contribution in [0.25, 0.3) is 11.3 Å². The van der Waals surface area contributed by atoms with Crippen LogP contribution in [0.4, 0.5) is 5.13 Å². The number of benzene rings is 2. The van der Waals surface area contributed by atoms with Crippen molar-refractivity contribution >= 4 is 45.7 Å². The molecule has 1 atom stereocenters. The van der Waals surface area contributed by atoms with E-state index in [1.807, 2.05) is 42.1 Å². The first kappa shape index (κ1) is 24.3. The van der Waals surface area contributed by atoms with Crippen LogP contribution in [-0.2, 0) is 11.8 Å². The quantitative estimate of drug-likeness (QED) is 0.287. The number of carbonyl (C=O) groups is 1. The predicted octanol–water partition coefficient (Wildman–Crippen LogP) is 6.08. The van der Waals surface area contributed by atoms with Crippen molar-refractivity contribution in [2.75, 3.05) is 11.1 Å². The summed E-state index contributed by atoms with van der Waals surface area (Å²) in [6.45, 7) is 6.05. The monoisotopic (exact) mass is 513 g/mol. The first-order valence-corrected chi connectivity index (χ1v) is 12.8. The second-order valence-electron chi connectivity index (χ2n) is 7.79. The zero-order valence-electron chi connectivity index (χ0n) is 19.2. The third-order valence-electron chi connectivity index (χ3n) is 5.23. The number of thioether (sulfide) groups is 1. The Morgan fingerprint density at radius 2 is 2.03 bits per heavy atom. The SMILES string of the molecule is Cc1ccc(-c2csc(NC(=O)CSc3nnc(C(C)Oc4cccc(Cl)c4)n3C)n2)cc1C. The number of hydrogen-bond acceptors (Lipinski definition) is 7. The molecule has 2 aromatic heterocycles. The average Bonchev–Trinajstić information content (AvgIpc) is 3.41. The van der Waals surface area contributed by atoms with Crippen molar-refractivity contribution < 1.29 is 9.53 Å². The van der Waals surface area contributed by atoms with Crippen LogP contribution < -0.4 is 10.1 Å². The number of carbonyl (C=O) groups excluding carboxylic acids is 1. The van der Waals surface area contributed by atoms with Crippen LogP contribution in [0.1, 0.15) is 30.0 Å². The number of ether oxygens (including phenoxy) is 1. The van der Waals surface area contributed by atoms with Gasteiger partial charge in [-0.05, 0) is 56.2 Å². The van der Waals surface area contributed by atoms with Crippen molar-refractivity contribution in [3.63, 3.8) is 0 Å². The van der Waals surface area contributed by atoms with Gasteiger partial charge < -0.3 is 14.6 Å². The van der Waals surface area contributed by atoms with Gasteiger partial charge in [-0.15, -0.1) is 21.5 Å². The summed E-state index contributed by atoms with van der Waals surface area (Å²) >= 11 is 8.74. The van der Waals surface area contributed by atoms with E-state index >= 15 is 0 Å². The second-order valence-corrected chi connectivity index (χ2v) is 10.0. The van der Waals surface area contributed by atoms with E-state index in [2.05, 4.69) is 46.5 Å². The molecule has 0 saturated heterocycles. The van der Waals surface area contributed by atoms with Gasteiger partial charge in [0, 0.05) is 23.0 Å². The Labute approximate surface area is 211 Å². The van der Waals surface area contributed by atoms with Crippen LogP contribution in [0.3, 0.4) is 0 Å². The molecule has 0 aliphatic rings. The van der Waals surface area contributed by atoms with E-state index in [0.717, 1.165) is 11.3 Å². The number of hydrogen-bond donors (Lipinski definition) is 1. The van der Waals surface area contributed by atoms with Crippen molar-refractivity contribution in [3.8, 4) is 17.0 Å². The first-order chi connectivity index (χ1) is 16.3. The van der Waals surface area contributed by atoms with Gasteiger partial charge in [-0.2, -0.15) is 0 Å². The van der Waals surface area contributed by atoms with Crippen LogP contribution >= 0.6 is 34.7 Å². The van der Waals surface area contributed by atoms with Crippen molar-refractivity contribution in [2.45, 2.75) is 32.0 Å². The topological polar surface area (TPSA) is 81.9 Å². The maximum absolute atomic E-state index is 12.5. The van der Waals surface area contributed by atoms with Gasteiger partial charge in [-0.1, -0.05) is 41.6 Å². The van der Waals surface area contributed by atoms with E-state index in [4.69, 9.17) is 16.3 Å². The van der Waals surface area contributed by atoms with E-state index in [-0.39, 0.29) is 17.8 Å². The Kier molecular flexibility index (Phi) is 7.55. The number of nitrogens with zero attached hydrogens (tertiary/aromatic N) is 4. The molecule has 1 N–H and O–H groups in total. The number of thiazole rings is 1. The van der Waals surface area contributed by atoms with Crippen molar-refractivity contribution in [3.05, 3.63) is 69.8 Å². The molecule has 1 amide bonds. The summed E-state index contributed by atoms with van der Waals surface area (Å²) in [6.07, 6.45) is -0.335. The fraction of sp³-hybridized carbons (Fsp3) is 0.250. The summed E-state index contributed by atoms with van der Waals surface area (Å²) in [7, 11) is 1.85. The molecule has 2 aromatic carbocycles. The number of anilines is 1. The summed E-state index contributed by atoms with van der Waals surface area (Å²) in [5.41, 5.74) is 4.34. The normalized spacial score (nSPS) is 11.9. The number of aromatic nitrogens is 4. The zero-order chi connectivity index (χ0) is 24.2. The van der Waals surface area contributed by atoms with Crippen molar-refractivity contribution in [1.29, 1.82) is 0 Å². The number of aryl methyl sites for hydroxylation is 2. The van der Waals surface area contributed by atoms with Gasteiger partial charge in [0.05, 0.1) is 11.4 Å². The largest absolute Gasteiger partial charge is 0.483 e. The molecule has 176 valence electrons. The highest BCUT2D eigenvalue weighted by Crippen LogP contribution is 2.28. The second kappa shape index (κ2) is 10.6. The lowest BCUT2D eigenvalue weighted by molar-refractivity contribution is -0.113. The van der Waals surface area contributed by atoms with Gasteiger partial charge in [0.15, 0.2) is 22.2 Å². The Hall–Kier alpha value is -2.88. The van der Waals surface area contributed by atoms with Crippen molar-refractivity contribution in [2.24, 2.45) is 7.05 Å². The number of nitrogens with one attached hydrogen (secondary N) is 1. The molecule has 0 fully saturated rings. The molecule has 1 unspecified atom stereocenters. The Balaban J connectivity index is 1.33. The summed E-state index contributed by atoms with van der Waals surface area (Å²) in [6, 6.07) is 13.4. The average molecular weight is 514 g/mol. The first-order valence-electron chi connectivity index (χ1n) is 10.6. The van der Waals surface area contributed by atoms with E-state index in [0.29, 0.717) is 26.9 Å². The van der Waals surface area contributed by atoms with Crippen LogP contribution in [0.2, 0.25) is 5.02 Å². The molecule has 0 radical (unpaired) electrons. The van der Waals surface area contributed by atoms with Gasteiger partial charge in [0.25, 0.3) is 0 Å². The van der Waals surface area contributed by atoms with Gasteiger partial charge in [-0.25, -0.2) is 4.98 Å². The molecule has 10 heteroatoms. The van der Waals surface area contributed by atoms with Crippen LogP contribution in [-0.4, -0.2) is 31.4 Å². The van der Waals surface area contributed by atoms with Crippen LogP contribution in [0, 0.1) is 13.8 Å². The molecule has 34 heavy (non-hydrogen) atoms. The highest BCUT2D eigenvalue weighted by atomic mass is 35.5. The molecule has 0 saturated carbocycles. The fourth-order valence-electron chi connectivity index (χ4n) is 3.25. The lowest BCUT2D eigenvalue weighted by Gasteiger charge is -2.14. The number of amides is 1. The standard InChI is InChI=1S/C24H24ClN5O2S2/c1-14-8-9-17(10-15(14)2)20-12-33-23(26-20)27-21(31)13-34-24-29-28-22(30(24)4)16(3)32-19-7-5-6-18(25)11-19/h5-12,16H,13H2,1-4H3,(H,26,27,31). The molecular formula is C24H24ClN5O2S2. The highest BCUT2D eigenvalue weighted by Gasteiger charge is 2.18. The Bertz CT molecular complexity index is 1320. The Morgan fingerprint density at radius 1 is 1.21 bits per heavy atom. The number of rotatable bonds is 8. The molecule has 7 nitrogen and oxygen atoms in total. The molecule has 0 spiro atoms. The Morgan fingerprint density at radius 3 is 2.79 bits per heavy atom. The van der Waals surface area contributed by atoms with Gasteiger partial charge in [0.1, 0.15) is 5.75 Å². The van der Waals surface area contributed by atoms with Crippen molar-refractivity contribution in [1.82, 2.24) is 19.7 Å². The minimum absolute atomic E-state index is 0.154. The van der Waals surface area contributed by atoms with Crippen LogP contribution in [0.15, 0.2) is 53.0 Å². The molecule has 4 rings (SSSR count). The maximum atomic E-state index is 12.5. The summed E-state index contributed by atoms with van der Waals surface area (Å²) < 4.78 is 7.76. The van der Waals surface area contributed by atoms with Gasteiger partial charge in [0.2, 0.25) is 5.91 Å². The molecule has 2 heterocycles. The highest BCUT2D eigenvalue weighted by molar-refractivity contribution is 7.99. The molecule has 0 aliphatic heterocycles. The molecule has 0 aliphatic carbocycles. The number of halogens is 1. The maximum Gasteiger partial charge on any atom is 0.236 e. The zero-order valence-corrected chi connectivity index (χ0v) is 21.6. The molecule has 4 aromatic rings. The minimum Gasteiger partial charge on any atom is -0.483 e. The lowest BCUT2D eigenvalue weighted by Crippen LogP contribution is -2.14. The summed E-state index contributed by atoms with van der Waals surface area (Å²) in [5.74, 6) is 1.34. The molecular weight excluding hydrogens is 490 g/mol. The van der Waals surface area contributed by atoms with Crippen LogP contribution in [0.5, 0.6) is 5.75 Å². The van der Waals surface area contributed by atoms with E-state index in [1.165, 1.54) is 34.2 Å². The lowest BCUT2D eigenvalue weighted by atomic mass is 10.1. The summed E-state index contributed by atoms with van der Waals surface area (Å²) in [4.78, 5) is 17.1. The van der Waals surface area contributed by atoms with E-state index in [9.17, 15) is 4.79 Å². The van der Waals surface area contributed by atoms with Gasteiger partial charge in [-0.3, -0.25) is 4.79 Å². The van der Waals surface area contributed by atoms with E-state index < -0.39 is 0 Å². The third kappa shape index (κ3) is 5.78. The van der Waals surface area contributed by atoms with Gasteiger partial charge >= 0.3 is 0 Å². The third-order valence-corrected chi connectivity index (χ3v) is 7.24.